The second-order valence-electron chi connectivity index (χ2n) is 10.1. The average molecular weight is 499 g/mol. The summed E-state index contributed by atoms with van der Waals surface area (Å²) in [7, 11) is 0. The van der Waals surface area contributed by atoms with Crippen molar-refractivity contribution in [3.05, 3.63) is 71.7 Å². The lowest BCUT2D eigenvalue weighted by atomic mass is 9.95. The highest BCUT2D eigenvalue weighted by Crippen LogP contribution is 2.30. The number of hydrazone groups is 1. The van der Waals surface area contributed by atoms with Gasteiger partial charge in [0.05, 0.1) is 36.7 Å². The Hall–Kier alpha value is -3.82. The van der Waals surface area contributed by atoms with Crippen molar-refractivity contribution >= 4 is 17.3 Å². The number of fused-ring (bicyclic) bond motifs is 3. The Labute approximate surface area is 215 Å². The van der Waals surface area contributed by atoms with Crippen LogP contribution in [0.1, 0.15) is 37.0 Å². The second kappa shape index (κ2) is 9.91. The number of morpholine rings is 1. The molecule has 9 nitrogen and oxygen atoms in total. The predicted molar refractivity (Wildman–Crippen MR) is 140 cm³/mol. The molecule has 0 radical (unpaired) electrons. The van der Waals surface area contributed by atoms with E-state index in [-0.39, 0.29) is 12.0 Å². The number of piperidine rings is 1. The smallest absolute Gasteiger partial charge is 0.276 e. The monoisotopic (exact) mass is 498 g/mol. The van der Waals surface area contributed by atoms with E-state index >= 15 is 0 Å². The summed E-state index contributed by atoms with van der Waals surface area (Å²) < 4.78 is 11.3. The maximum atomic E-state index is 13.2. The number of carbonyl (C=O) groups excluding carboxylic acids is 1. The van der Waals surface area contributed by atoms with Crippen molar-refractivity contribution in [3.63, 3.8) is 0 Å². The zero-order valence-corrected chi connectivity index (χ0v) is 21.0. The van der Waals surface area contributed by atoms with Gasteiger partial charge in [-0.3, -0.25) is 14.7 Å². The van der Waals surface area contributed by atoms with E-state index < -0.39 is 0 Å². The molecule has 6 heterocycles. The lowest BCUT2D eigenvalue weighted by Crippen LogP contribution is -2.56. The molecule has 2 bridgehead atoms. The van der Waals surface area contributed by atoms with Gasteiger partial charge in [-0.05, 0) is 48.7 Å². The third kappa shape index (κ3) is 5.19. The van der Waals surface area contributed by atoms with E-state index in [1.807, 2.05) is 38.4 Å². The molecule has 190 valence electrons. The van der Waals surface area contributed by atoms with E-state index in [2.05, 4.69) is 42.8 Å². The van der Waals surface area contributed by atoms with Gasteiger partial charge in [0, 0.05) is 55.6 Å². The molecule has 2 unspecified atom stereocenters. The molecular formula is C28H30N6O3. The Morgan fingerprint density at radius 3 is 2.73 bits per heavy atom. The van der Waals surface area contributed by atoms with Crippen LogP contribution in [0.3, 0.4) is 0 Å². The van der Waals surface area contributed by atoms with Crippen LogP contribution in [-0.4, -0.2) is 57.9 Å². The Balaban J connectivity index is 1.19. The molecular weight excluding hydrogens is 468 g/mol. The van der Waals surface area contributed by atoms with Crippen molar-refractivity contribution in [2.45, 2.75) is 51.7 Å². The van der Waals surface area contributed by atoms with Gasteiger partial charge in [0.25, 0.3) is 5.91 Å². The molecule has 0 saturated carbocycles. The Morgan fingerprint density at radius 2 is 1.97 bits per heavy atom. The minimum Gasteiger partial charge on any atom is -0.475 e. The fourth-order valence-corrected chi connectivity index (χ4v) is 5.08. The van der Waals surface area contributed by atoms with Crippen LogP contribution >= 0.6 is 0 Å². The summed E-state index contributed by atoms with van der Waals surface area (Å²) in [4.78, 5) is 24.4. The molecule has 1 aromatic carbocycles. The van der Waals surface area contributed by atoms with E-state index in [9.17, 15) is 4.79 Å². The molecule has 37 heavy (non-hydrogen) atoms. The molecule has 2 atom stereocenters. The van der Waals surface area contributed by atoms with Crippen molar-refractivity contribution in [2.75, 3.05) is 18.4 Å². The fraction of sp³-hybridized carbons (Fsp3) is 0.357. The van der Waals surface area contributed by atoms with E-state index in [0.29, 0.717) is 36.0 Å². The van der Waals surface area contributed by atoms with Crippen molar-refractivity contribution in [3.8, 4) is 17.0 Å². The molecule has 0 spiro atoms. The van der Waals surface area contributed by atoms with Gasteiger partial charge in [0.15, 0.2) is 5.71 Å². The van der Waals surface area contributed by atoms with E-state index in [1.165, 1.54) is 12.0 Å². The number of aromatic nitrogens is 2. The Kier molecular flexibility index (Phi) is 6.31. The maximum Gasteiger partial charge on any atom is 0.276 e. The molecule has 2 N–H and O–H groups in total. The number of anilines is 1. The first-order valence-electron chi connectivity index (χ1n) is 12.7. The summed E-state index contributed by atoms with van der Waals surface area (Å²) in [5.74, 6) is 0.212. The van der Waals surface area contributed by atoms with Gasteiger partial charge in [-0.2, -0.15) is 5.10 Å². The van der Waals surface area contributed by atoms with Gasteiger partial charge in [-0.1, -0.05) is 12.1 Å². The van der Waals surface area contributed by atoms with E-state index in [1.54, 1.807) is 18.3 Å². The average Bonchev–Trinajstić information content (AvgIpc) is 2.88. The first-order valence-corrected chi connectivity index (χ1v) is 12.7. The lowest BCUT2D eigenvalue weighted by molar-refractivity contribution is -0.182. The number of nitrogens with zero attached hydrogens (tertiary/aromatic N) is 4. The molecule has 9 heteroatoms. The molecule has 3 aromatic rings. The number of amides is 1. The first kappa shape index (κ1) is 23.6. The number of hydrogen-bond donors (Lipinski definition) is 2. The fourth-order valence-electron chi connectivity index (χ4n) is 5.08. The number of pyridine rings is 2. The van der Waals surface area contributed by atoms with Crippen LogP contribution in [0.2, 0.25) is 0 Å². The van der Waals surface area contributed by atoms with E-state index in [0.717, 1.165) is 41.9 Å². The SMILES string of the molecule is CC(C)Oc1ccc(NC(=O)C2=NNCc3ccc(-c4cncc(CN5CC6CC(C5)O6)c4)cc32)cn1. The van der Waals surface area contributed by atoms with Crippen LogP contribution in [0, 0.1) is 0 Å². The molecule has 3 saturated heterocycles. The zero-order chi connectivity index (χ0) is 25.4. The molecule has 7 rings (SSSR count). The molecule has 2 aromatic heterocycles. The normalized spacial score (nSPS) is 20.4. The number of rotatable bonds is 7. The minimum absolute atomic E-state index is 0.0297. The number of benzene rings is 1. The van der Waals surface area contributed by atoms with Gasteiger partial charge in [-0.25, -0.2) is 4.98 Å². The topological polar surface area (TPSA) is 101 Å². The van der Waals surface area contributed by atoms with Gasteiger partial charge < -0.3 is 20.2 Å². The van der Waals surface area contributed by atoms with Crippen molar-refractivity contribution in [1.82, 2.24) is 20.3 Å². The summed E-state index contributed by atoms with van der Waals surface area (Å²) in [6.07, 6.45) is 7.36. The quantitative estimate of drug-likeness (QED) is 0.515. The van der Waals surface area contributed by atoms with Crippen LogP contribution in [0.25, 0.3) is 11.1 Å². The molecule has 4 aliphatic heterocycles. The Morgan fingerprint density at radius 1 is 1.14 bits per heavy atom. The summed E-state index contributed by atoms with van der Waals surface area (Å²) >= 11 is 0. The summed E-state index contributed by atoms with van der Waals surface area (Å²) in [6, 6.07) is 11.8. The molecule has 4 aliphatic rings. The van der Waals surface area contributed by atoms with Gasteiger partial charge >= 0.3 is 0 Å². The largest absolute Gasteiger partial charge is 0.475 e. The molecule has 1 amide bonds. The predicted octanol–water partition coefficient (Wildman–Crippen LogP) is 3.35. The number of carbonyl (C=O) groups is 1. The number of nitrogens with one attached hydrogen (secondary N) is 2. The first-order chi connectivity index (χ1) is 18.0. The van der Waals surface area contributed by atoms with Crippen LogP contribution in [-0.2, 0) is 22.6 Å². The molecule has 3 fully saturated rings. The van der Waals surface area contributed by atoms with Crippen molar-refractivity contribution in [1.29, 1.82) is 0 Å². The zero-order valence-electron chi connectivity index (χ0n) is 21.0. The van der Waals surface area contributed by atoms with Crippen molar-refractivity contribution < 1.29 is 14.3 Å². The summed E-state index contributed by atoms with van der Waals surface area (Å²) in [5.41, 5.74) is 8.88. The van der Waals surface area contributed by atoms with Crippen LogP contribution < -0.4 is 15.5 Å². The Bertz CT molecular complexity index is 1320. The van der Waals surface area contributed by atoms with E-state index in [4.69, 9.17) is 9.47 Å². The van der Waals surface area contributed by atoms with Gasteiger partial charge in [0.2, 0.25) is 5.88 Å². The van der Waals surface area contributed by atoms with Crippen LogP contribution in [0.15, 0.2) is 60.1 Å². The van der Waals surface area contributed by atoms with Crippen molar-refractivity contribution in [2.24, 2.45) is 5.10 Å². The number of ether oxygens (including phenoxy) is 2. The highest BCUT2D eigenvalue weighted by Gasteiger charge is 2.38. The number of hydrogen-bond acceptors (Lipinski definition) is 8. The second-order valence-corrected chi connectivity index (χ2v) is 10.1. The van der Waals surface area contributed by atoms with Crippen LogP contribution in [0.4, 0.5) is 5.69 Å². The van der Waals surface area contributed by atoms with Gasteiger partial charge in [0.1, 0.15) is 0 Å². The molecule has 0 aliphatic carbocycles. The van der Waals surface area contributed by atoms with Crippen LogP contribution in [0.5, 0.6) is 5.88 Å². The maximum absolute atomic E-state index is 13.2. The summed E-state index contributed by atoms with van der Waals surface area (Å²) in [6.45, 7) is 7.25. The highest BCUT2D eigenvalue weighted by molar-refractivity contribution is 6.49. The highest BCUT2D eigenvalue weighted by atomic mass is 16.5. The third-order valence-electron chi connectivity index (χ3n) is 6.76. The lowest BCUT2D eigenvalue weighted by Gasteiger charge is -2.47. The minimum atomic E-state index is -0.303. The summed E-state index contributed by atoms with van der Waals surface area (Å²) in [5, 5.41) is 7.24. The van der Waals surface area contributed by atoms with Gasteiger partial charge in [-0.15, -0.1) is 0 Å². The standard InChI is InChI=1S/C28H30N6O3/c1-17(2)36-26-6-5-22(13-30-26)32-28(35)27-25-8-19(3-4-20(25)12-31-33-27)21-7-18(10-29-11-21)14-34-15-23-9-24(16-34)37-23/h3-8,10-11,13,17,23-24,31H,9,12,14-16H2,1-2H3,(H,32,35). The third-order valence-corrected chi connectivity index (χ3v) is 6.76.